The Bertz CT molecular complexity index is 1140. The van der Waals surface area contributed by atoms with Gasteiger partial charge in [-0.3, -0.25) is 0 Å². The molecule has 0 amide bonds. The van der Waals surface area contributed by atoms with E-state index in [-0.39, 0.29) is 6.61 Å². The molecule has 0 aliphatic carbocycles. The number of hydrogen-bond donors (Lipinski definition) is 1. The van der Waals surface area contributed by atoms with Gasteiger partial charge in [0.05, 0.1) is 31.5 Å². The second kappa shape index (κ2) is 13.7. The van der Waals surface area contributed by atoms with Gasteiger partial charge in [0.1, 0.15) is 12.4 Å². The third-order valence-corrected chi connectivity index (χ3v) is 5.91. The third kappa shape index (κ3) is 7.70. The summed E-state index contributed by atoms with van der Waals surface area (Å²) in [5.41, 5.74) is 4.07. The van der Waals surface area contributed by atoms with Crippen LogP contribution in [-0.4, -0.2) is 25.8 Å². The fourth-order valence-corrected chi connectivity index (χ4v) is 4.30. The highest BCUT2D eigenvalue weighted by Gasteiger charge is 2.27. The zero-order valence-corrected chi connectivity index (χ0v) is 22.1. The molecule has 182 valence electrons. The van der Waals surface area contributed by atoms with Crippen LogP contribution >= 0.6 is 22.6 Å². The maximum atomic E-state index is 13.0. The maximum absolute atomic E-state index is 13.0. The van der Waals surface area contributed by atoms with Gasteiger partial charge in [-0.05, 0) is 83.5 Å². The molecule has 0 aliphatic heterocycles. The molecule has 0 fully saturated rings. The molecule has 0 spiro atoms. The van der Waals surface area contributed by atoms with E-state index in [1.165, 1.54) is 0 Å². The number of halogens is 1. The number of esters is 1. The van der Waals surface area contributed by atoms with Crippen LogP contribution in [0.3, 0.4) is 0 Å². The first-order chi connectivity index (χ1) is 17.0. The minimum absolute atomic E-state index is 0.262. The lowest BCUT2D eigenvalue weighted by Gasteiger charge is -2.24. The van der Waals surface area contributed by atoms with E-state index in [9.17, 15) is 4.79 Å². The first-order valence-corrected chi connectivity index (χ1v) is 12.6. The van der Waals surface area contributed by atoms with Crippen LogP contribution in [0.2, 0.25) is 0 Å². The van der Waals surface area contributed by atoms with Gasteiger partial charge in [-0.25, -0.2) is 4.79 Å². The van der Waals surface area contributed by atoms with Crippen molar-refractivity contribution >= 4 is 34.2 Å². The Labute approximate surface area is 220 Å². The zero-order valence-electron chi connectivity index (χ0n) is 19.9. The summed E-state index contributed by atoms with van der Waals surface area (Å²) in [7, 11) is 0. The minimum atomic E-state index is -0.775. The number of rotatable bonds is 12. The molecule has 0 bridgehead atoms. The fraction of sp³-hybridized carbons (Fsp3) is 0.286. The van der Waals surface area contributed by atoms with Crippen LogP contribution in [0.1, 0.15) is 42.1 Å². The summed E-state index contributed by atoms with van der Waals surface area (Å²) in [6, 6.07) is 22.3. The van der Waals surface area contributed by atoms with Crippen LogP contribution in [-0.2, 0) is 27.3 Å². The summed E-state index contributed by atoms with van der Waals surface area (Å²) in [5, 5.41) is 12.4. The number of hydrogen-bond acceptors (Lipinski definition) is 6. The Morgan fingerprint density at radius 1 is 1.06 bits per heavy atom. The highest BCUT2D eigenvalue weighted by atomic mass is 127. The van der Waals surface area contributed by atoms with Crippen molar-refractivity contribution in [3.63, 3.8) is 0 Å². The summed E-state index contributed by atoms with van der Waals surface area (Å²) in [4.78, 5) is 13.0. The van der Waals surface area contributed by atoms with Crippen LogP contribution in [0.25, 0.3) is 0 Å². The van der Waals surface area contributed by atoms with Crippen LogP contribution in [0.4, 0.5) is 5.69 Å². The number of carbonyl (C=O) groups excluding carboxylic acids is 1. The summed E-state index contributed by atoms with van der Waals surface area (Å²) in [6.07, 6.45) is 0.746. The molecule has 0 radical (unpaired) electrons. The summed E-state index contributed by atoms with van der Waals surface area (Å²) >= 11 is 2.25. The highest BCUT2D eigenvalue weighted by molar-refractivity contribution is 14.1. The molecule has 7 heteroatoms. The Kier molecular flexibility index (Phi) is 10.4. The zero-order chi connectivity index (χ0) is 25.0. The normalized spacial score (nSPS) is 11.4. The molecule has 35 heavy (non-hydrogen) atoms. The SMILES string of the molecule is CCOC(=O)C(Nc1ccc(C#N)cc1)c1cc(I)cc(CC)c1OCCOCc1ccccc1. The standard InChI is InChI=1S/C28H29IN2O4/c1-3-22-16-23(29)17-25(27(22)35-15-14-33-19-21-8-6-5-7-9-21)26(28(32)34-4-2)31-24-12-10-20(18-30)11-13-24/h5-13,16-17,26,31H,3-4,14-15,19H2,1-2H3. The monoisotopic (exact) mass is 584 g/mol. The molecule has 0 saturated carbocycles. The fourth-order valence-electron chi connectivity index (χ4n) is 3.59. The van der Waals surface area contributed by atoms with Crippen LogP contribution in [0, 0.1) is 14.9 Å². The van der Waals surface area contributed by atoms with Crippen molar-refractivity contribution in [2.45, 2.75) is 32.9 Å². The van der Waals surface area contributed by atoms with Crippen LogP contribution < -0.4 is 10.1 Å². The summed E-state index contributed by atoms with van der Waals surface area (Å²) in [6.45, 7) is 5.37. The molecule has 1 unspecified atom stereocenters. The molecule has 0 aromatic heterocycles. The number of benzene rings is 3. The van der Waals surface area contributed by atoms with Gasteiger partial charge in [0.25, 0.3) is 0 Å². The molecule has 0 aliphatic rings. The molecule has 3 rings (SSSR count). The number of aryl methyl sites for hydroxylation is 1. The van der Waals surface area contributed by atoms with Crippen molar-refractivity contribution in [1.82, 2.24) is 0 Å². The Morgan fingerprint density at radius 3 is 2.46 bits per heavy atom. The summed E-state index contributed by atoms with van der Waals surface area (Å²) < 4.78 is 18.4. The van der Waals surface area contributed by atoms with Gasteiger partial charge in [-0.2, -0.15) is 5.26 Å². The smallest absolute Gasteiger partial charge is 0.333 e. The third-order valence-electron chi connectivity index (χ3n) is 5.28. The predicted octanol–water partition coefficient (Wildman–Crippen LogP) is 6.04. The summed E-state index contributed by atoms with van der Waals surface area (Å²) in [5.74, 6) is 0.265. The van der Waals surface area contributed by atoms with Crippen molar-refractivity contribution in [2.75, 3.05) is 25.1 Å². The number of nitriles is 1. The van der Waals surface area contributed by atoms with E-state index in [2.05, 4.69) is 47.0 Å². The predicted molar refractivity (Wildman–Crippen MR) is 144 cm³/mol. The van der Waals surface area contributed by atoms with Crippen LogP contribution in [0.15, 0.2) is 66.7 Å². The molecular formula is C28H29IN2O4. The second-order valence-corrected chi connectivity index (χ2v) is 8.99. The molecule has 3 aromatic carbocycles. The van der Waals surface area contributed by atoms with Crippen molar-refractivity contribution in [3.8, 4) is 11.8 Å². The van der Waals surface area contributed by atoms with Gasteiger partial charge in [0, 0.05) is 14.8 Å². The van der Waals surface area contributed by atoms with Crippen molar-refractivity contribution < 1.29 is 19.0 Å². The van der Waals surface area contributed by atoms with E-state index in [1.807, 2.05) is 36.4 Å². The van der Waals surface area contributed by atoms with E-state index >= 15 is 0 Å². The van der Waals surface area contributed by atoms with E-state index in [0.29, 0.717) is 42.4 Å². The van der Waals surface area contributed by atoms with E-state index in [1.54, 1.807) is 31.2 Å². The Balaban J connectivity index is 1.82. The molecule has 6 nitrogen and oxygen atoms in total. The molecular weight excluding hydrogens is 555 g/mol. The van der Waals surface area contributed by atoms with Gasteiger partial charge >= 0.3 is 5.97 Å². The van der Waals surface area contributed by atoms with Crippen molar-refractivity contribution in [2.24, 2.45) is 0 Å². The first kappa shape index (κ1) is 26.5. The van der Waals surface area contributed by atoms with Gasteiger partial charge < -0.3 is 19.5 Å². The maximum Gasteiger partial charge on any atom is 0.333 e. The molecule has 0 heterocycles. The minimum Gasteiger partial charge on any atom is -0.491 e. The Morgan fingerprint density at radius 2 is 1.80 bits per heavy atom. The lowest BCUT2D eigenvalue weighted by Crippen LogP contribution is -2.25. The number of ether oxygens (including phenoxy) is 3. The van der Waals surface area contributed by atoms with Gasteiger partial charge in [0.15, 0.2) is 6.04 Å². The van der Waals surface area contributed by atoms with E-state index in [0.717, 1.165) is 21.1 Å². The number of carbonyl (C=O) groups is 1. The Hall–Kier alpha value is -3.09. The molecule has 1 atom stereocenters. The average molecular weight is 584 g/mol. The molecule has 3 aromatic rings. The largest absolute Gasteiger partial charge is 0.491 e. The first-order valence-electron chi connectivity index (χ1n) is 11.6. The van der Waals surface area contributed by atoms with E-state index in [4.69, 9.17) is 19.5 Å². The molecule has 0 saturated heterocycles. The van der Waals surface area contributed by atoms with Crippen LogP contribution in [0.5, 0.6) is 5.75 Å². The lowest BCUT2D eigenvalue weighted by atomic mass is 10.00. The van der Waals surface area contributed by atoms with E-state index < -0.39 is 12.0 Å². The van der Waals surface area contributed by atoms with Gasteiger partial charge in [-0.15, -0.1) is 0 Å². The topological polar surface area (TPSA) is 80.6 Å². The second-order valence-electron chi connectivity index (χ2n) is 7.74. The van der Waals surface area contributed by atoms with Gasteiger partial charge in [0.2, 0.25) is 0 Å². The highest BCUT2D eigenvalue weighted by Crippen LogP contribution is 2.35. The van der Waals surface area contributed by atoms with Crippen molar-refractivity contribution in [3.05, 3.63) is 92.6 Å². The van der Waals surface area contributed by atoms with Gasteiger partial charge in [-0.1, -0.05) is 37.3 Å². The lowest BCUT2D eigenvalue weighted by molar-refractivity contribution is -0.144. The number of nitrogens with zero attached hydrogens (tertiary/aromatic N) is 1. The number of nitrogens with one attached hydrogen (secondary N) is 1. The van der Waals surface area contributed by atoms with Crippen molar-refractivity contribution in [1.29, 1.82) is 5.26 Å². The number of anilines is 1. The molecule has 1 N–H and O–H groups in total. The quantitative estimate of drug-likeness (QED) is 0.159. The average Bonchev–Trinajstić information content (AvgIpc) is 2.88.